The predicted molar refractivity (Wildman–Crippen MR) is 101 cm³/mol. The van der Waals surface area contributed by atoms with Crippen molar-refractivity contribution in [3.63, 3.8) is 0 Å². The molecular weight excluding hydrogens is 494 g/mol. The second-order valence-electron chi connectivity index (χ2n) is 5.84. The third kappa shape index (κ3) is 3.73. The van der Waals surface area contributed by atoms with Gasteiger partial charge in [-0.15, -0.1) is 6.07 Å². The predicted octanol–water partition coefficient (Wildman–Crippen LogP) is 4.27. The molecule has 0 saturated heterocycles. The number of hydrogen-bond acceptors (Lipinski definition) is 3. The molecule has 3 aromatic rings. The standard InChI is InChI=1S/C21H21N4.Re/c1-4-25(5-2)18-8-6-16(7-9-18)20-10-11-21(24(20)3)19-12-13-23-15-17(19)14-22;/h6-13H,4-5H2,1-3H3;/q-1;. The van der Waals surface area contributed by atoms with Crippen LogP contribution in [0.15, 0.2) is 48.7 Å². The van der Waals surface area contributed by atoms with E-state index in [1.54, 1.807) is 6.20 Å². The van der Waals surface area contributed by atoms with Crippen molar-refractivity contribution < 1.29 is 20.4 Å². The smallest absolute Gasteiger partial charge is 0.0476 e. The Balaban J connectivity index is 0.00000243. The van der Waals surface area contributed by atoms with Crippen molar-refractivity contribution in [2.75, 3.05) is 18.0 Å². The number of pyridine rings is 1. The van der Waals surface area contributed by atoms with E-state index in [1.165, 1.54) is 5.69 Å². The Morgan fingerprint density at radius 3 is 2.31 bits per heavy atom. The second kappa shape index (κ2) is 8.81. The first-order valence-electron chi connectivity index (χ1n) is 8.47. The zero-order chi connectivity index (χ0) is 17.8. The summed E-state index contributed by atoms with van der Waals surface area (Å²) in [7, 11) is 2.02. The van der Waals surface area contributed by atoms with Crippen molar-refractivity contribution >= 4 is 5.69 Å². The van der Waals surface area contributed by atoms with E-state index in [2.05, 4.69) is 70.9 Å². The van der Waals surface area contributed by atoms with Crippen LogP contribution in [0, 0.1) is 17.5 Å². The summed E-state index contributed by atoms with van der Waals surface area (Å²) < 4.78 is 2.11. The molecular formula is C21H21N4Re-. The van der Waals surface area contributed by atoms with Gasteiger partial charge in [0.25, 0.3) is 0 Å². The maximum atomic E-state index is 9.29. The van der Waals surface area contributed by atoms with Crippen LogP contribution in [-0.2, 0) is 27.5 Å². The molecule has 0 aliphatic rings. The van der Waals surface area contributed by atoms with Gasteiger partial charge in [0, 0.05) is 57.6 Å². The first-order chi connectivity index (χ1) is 12.2. The van der Waals surface area contributed by atoms with E-state index in [1.807, 2.05) is 19.2 Å². The van der Waals surface area contributed by atoms with Gasteiger partial charge in [-0.05, 0) is 55.9 Å². The van der Waals surface area contributed by atoms with Crippen LogP contribution >= 0.6 is 0 Å². The van der Waals surface area contributed by atoms with Crippen LogP contribution in [0.5, 0.6) is 0 Å². The molecule has 0 aliphatic carbocycles. The minimum atomic E-state index is 0. The fourth-order valence-electron chi connectivity index (χ4n) is 3.16. The molecule has 0 atom stereocenters. The summed E-state index contributed by atoms with van der Waals surface area (Å²) in [6.45, 7) is 6.33. The van der Waals surface area contributed by atoms with Gasteiger partial charge in [-0.1, -0.05) is 29.5 Å². The molecule has 26 heavy (non-hydrogen) atoms. The van der Waals surface area contributed by atoms with Crippen molar-refractivity contribution in [3.05, 3.63) is 60.4 Å². The molecule has 1 radical (unpaired) electrons. The summed E-state index contributed by atoms with van der Waals surface area (Å²) in [5, 5.41) is 9.29. The average Bonchev–Trinajstić information content (AvgIpc) is 3.04. The average molecular weight is 516 g/mol. The summed E-state index contributed by atoms with van der Waals surface area (Å²) in [6, 6.07) is 16.8. The minimum Gasteiger partial charge on any atom is -0.372 e. The zero-order valence-electron chi connectivity index (χ0n) is 15.2. The summed E-state index contributed by atoms with van der Waals surface area (Å²) in [6.07, 6.45) is 4.43. The fourth-order valence-corrected chi connectivity index (χ4v) is 3.16. The van der Waals surface area contributed by atoms with E-state index >= 15 is 0 Å². The van der Waals surface area contributed by atoms with Crippen LogP contribution in [0.3, 0.4) is 0 Å². The molecule has 2 heterocycles. The molecule has 0 bridgehead atoms. The molecule has 0 fully saturated rings. The molecule has 133 valence electrons. The van der Waals surface area contributed by atoms with Crippen LogP contribution < -0.4 is 4.90 Å². The Morgan fingerprint density at radius 2 is 1.69 bits per heavy atom. The molecule has 0 saturated carbocycles. The number of anilines is 1. The van der Waals surface area contributed by atoms with Gasteiger partial charge >= 0.3 is 0 Å². The topological polar surface area (TPSA) is 44.9 Å². The van der Waals surface area contributed by atoms with Crippen LogP contribution in [0.4, 0.5) is 5.69 Å². The second-order valence-corrected chi connectivity index (χ2v) is 5.84. The monoisotopic (exact) mass is 516 g/mol. The van der Waals surface area contributed by atoms with Gasteiger partial charge in [-0.2, -0.15) is 0 Å². The van der Waals surface area contributed by atoms with Crippen molar-refractivity contribution in [1.29, 1.82) is 5.26 Å². The van der Waals surface area contributed by atoms with E-state index in [0.29, 0.717) is 5.56 Å². The summed E-state index contributed by atoms with van der Waals surface area (Å²) >= 11 is 0. The van der Waals surface area contributed by atoms with Crippen LogP contribution in [0.2, 0.25) is 0 Å². The maximum Gasteiger partial charge on any atom is 0.0476 e. The van der Waals surface area contributed by atoms with E-state index in [9.17, 15) is 5.26 Å². The molecule has 0 spiro atoms. The third-order valence-corrected chi connectivity index (χ3v) is 4.56. The SMILES string of the molecule is CCN(CC)c1ccc(-c2ccc(-c3ccn[c-]c3C#N)n2C)cc1.[Re]. The Bertz CT molecular complexity index is 903. The van der Waals surface area contributed by atoms with Crippen molar-refractivity contribution in [3.8, 4) is 28.6 Å². The molecule has 2 aromatic heterocycles. The van der Waals surface area contributed by atoms with Gasteiger partial charge in [-0.3, -0.25) is 5.26 Å². The number of aromatic nitrogens is 2. The number of rotatable bonds is 5. The first kappa shape index (κ1) is 19.9. The molecule has 3 rings (SSSR count). The number of nitrogens with zero attached hydrogens (tertiary/aromatic N) is 4. The van der Waals surface area contributed by atoms with Gasteiger partial charge in [-0.25, -0.2) is 0 Å². The molecule has 0 N–H and O–H groups in total. The molecule has 0 aliphatic heterocycles. The Morgan fingerprint density at radius 1 is 1.04 bits per heavy atom. The van der Waals surface area contributed by atoms with Crippen molar-refractivity contribution in [2.45, 2.75) is 13.8 Å². The Labute approximate surface area is 168 Å². The largest absolute Gasteiger partial charge is 0.372 e. The fraction of sp³-hybridized carbons (Fsp3) is 0.238. The third-order valence-electron chi connectivity index (χ3n) is 4.56. The molecule has 5 heteroatoms. The van der Waals surface area contributed by atoms with E-state index in [-0.39, 0.29) is 20.4 Å². The van der Waals surface area contributed by atoms with Gasteiger partial charge in [0.05, 0.1) is 0 Å². The van der Waals surface area contributed by atoms with Gasteiger partial charge in [0.1, 0.15) is 0 Å². The normalized spacial score (nSPS) is 10.1. The molecule has 4 nitrogen and oxygen atoms in total. The minimum absolute atomic E-state index is 0. The van der Waals surface area contributed by atoms with E-state index in [4.69, 9.17) is 0 Å². The zero-order valence-corrected chi connectivity index (χ0v) is 17.9. The molecule has 0 unspecified atom stereocenters. The van der Waals surface area contributed by atoms with Gasteiger partial charge < -0.3 is 14.5 Å². The molecule has 1 aromatic carbocycles. The van der Waals surface area contributed by atoms with Gasteiger partial charge in [0.15, 0.2) is 0 Å². The number of nitriles is 1. The van der Waals surface area contributed by atoms with Crippen LogP contribution in [0.1, 0.15) is 19.4 Å². The summed E-state index contributed by atoms with van der Waals surface area (Å²) in [5.74, 6) is 0. The van der Waals surface area contributed by atoms with Crippen LogP contribution in [0.25, 0.3) is 22.5 Å². The summed E-state index contributed by atoms with van der Waals surface area (Å²) in [4.78, 5) is 6.24. The Hall–Kier alpha value is -2.40. The van der Waals surface area contributed by atoms with Crippen molar-refractivity contribution in [1.82, 2.24) is 9.55 Å². The van der Waals surface area contributed by atoms with Crippen LogP contribution in [-0.4, -0.2) is 22.6 Å². The molecule has 0 amide bonds. The summed E-state index contributed by atoms with van der Waals surface area (Å²) in [5.41, 5.74) is 5.80. The van der Waals surface area contributed by atoms with E-state index in [0.717, 1.165) is 35.6 Å². The van der Waals surface area contributed by atoms with Gasteiger partial charge in [0.2, 0.25) is 0 Å². The van der Waals surface area contributed by atoms with E-state index < -0.39 is 0 Å². The first-order valence-corrected chi connectivity index (χ1v) is 8.47. The maximum absolute atomic E-state index is 9.29. The quantitative estimate of drug-likeness (QED) is 0.477. The number of hydrogen-bond donors (Lipinski definition) is 0. The Kier molecular flexibility index (Phi) is 6.75. The van der Waals surface area contributed by atoms with Crippen molar-refractivity contribution in [2.24, 2.45) is 7.05 Å². The number of benzene rings is 1.